The van der Waals surface area contributed by atoms with Crippen molar-refractivity contribution in [3.63, 3.8) is 0 Å². The number of rotatable bonds is 6. The molecule has 4 heterocycles. The molecule has 0 saturated heterocycles. The number of nitrogens with one attached hydrogen (secondary N) is 1. The van der Waals surface area contributed by atoms with Crippen molar-refractivity contribution in [1.29, 1.82) is 0 Å². The fourth-order valence-corrected chi connectivity index (χ4v) is 6.75. The maximum Gasteiger partial charge on any atom is 0.337 e. The van der Waals surface area contributed by atoms with E-state index in [0.29, 0.717) is 37.0 Å². The standard InChI is InChI=1S/C33H26F2N6O3S/c34-20-9-14-29-38-28(19-39(29)18-20)31(42)37-22-10-12-23(13-11-22)41-32(43)27-15-21(35)17-36-30(27)40(33(41)44)24-5-4-8-26(16-24)45-25-6-2-1-3-7-25/h1-9,14-19,22-23H,10-13H2,(H,37,42). The van der Waals surface area contributed by atoms with E-state index in [2.05, 4.69) is 15.3 Å². The van der Waals surface area contributed by atoms with Crippen LogP contribution in [0.4, 0.5) is 8.78 Å². The first-order valence-corrected chi connectivity index (χ1v) is 15.3. The molecule has 1 N–H and O–H groups in total. The number of pyridine rings is 2. The van der Waals surface area contributed by atoms with Crippen LogP contribution in [0.3, 0.4) is 0 Å². The third-order valence-electron chi connectivity index (χ3n) is 7.99. The van der Waals surface area contributed by atoms with Gasteiger partial charge in [-0.2, -0.15) is 0 Å². The summed E-state index contributed by atoms with van der Waals surface area (Å²) in [6.45, 7) is 0. The van der Waals surface area contributed by atoms with Gasteiger partial charge < -0.3 is 9.72 Å². The molecule has 0 radical (unpaired) electrons. The minimum absolute atomic E-state index is 0.00873. The predicted octanol–water partition coefficient (Wildman–Crippen LogP) is 5.54. The molecule has 6 aromatic rings. The average molecular weight is 625 g/mol. The molecule has 1 saturated carbocycles. The number of hydrogen-bond acceptors (Lipinski definition) is 6. The second kappa shape index (κ2) is 11.8. The first-order chi connectivity index (χ1) is 21.8. The zero-order valence-corrected chi connectivity index (χ0v) is 24.6. The first-order valence-electron chi connectivity index (χ1n) is 14.5. The van der Waals surface area contributed by atoms with E-state index in [-0.39, 0.29) is 28.7 Å². The molecule has 7 rings (SSSR count). The van der Waals surface area contributed by atoms with Gasteiger partial charge in [0.15, 0.2) is 5.65 Å². The highest BCUT2D eigenvalue weighted by atomic mass is 32.2. The Balaban J connectivity index is 1.17. The second-order valence-electron chi connectivity index (χ2n) is 10.9. The lowest BCUT2D eigenvalue weighted by atomic mass is 9.90. The number of nitrogens with zero attached hydrogens (tertiary/aromatic N) is 5. The Bertz CT molecular complexity index is 2190. The number of carbonyl (C=O) groups excluding carboxylic acids is 1. The maximum absolute atomic E-state index is 14.4. The molecule has 4 aromatic heterocycles. The molecule has 0 aliphatic heterocycles. The summed E-state index contributed by atoms with van der Waals surface area (Å²) >= 11 is 1.53. The number of aromatic nitrogens is 5. The van der Waals surface area contributed by atoms with Crippen LogP contribution in [0.25, 0.3) is 22.4 Å². The molecule has 0 spiro atoms. The molecule has 2 aromatic carbocycles. The lowest BCUT2D eigenvalue weighted by Gasteiger charge is -2.30. The predicted molar refractivity (Wildman–Crippen MR) is 166 cm³/mol. The van der Waals surface area contributed by atoms with Crippen LogP contribution in [0, 0.1) is 11.6 Å². The van der Waals surface area contributed by atoms with Crippen molar-refractivity contribution in [2.45, 2.75) is 47.6 Å². The zero-order valence-electron chi connectivity index (χ0n) is 23.8. The SMILES string of the molecule is O=C(NC1CCC(n2c(=O)c3cc(F)cnc3n(-c3cccc(Sc4ccccc4)c3)c2=O)CC1)c1cn2cc(F)ccc2n1. The molecule has 0 atom stereocenters. The highest BCUT2D eigenvalue weighted by molar-refractivity contribution is 7.99. The van der Waals surface area contributed by atoms with Crippen LogP contribution >= 0.6 is 11.8 Å². The number of hydrogen-bond donors (Lipinski definition) is 1. The van der Waals surface area contributed by atoms with Crippen LogP contribution < -0.4 is 16.6 Å². The van der Waals surface area contributed by atoms with E-state index in [1.807, 2.05) is 48.5 Å². The van der Waals surface area contributed by atoms with Crippen molar-refractivity contribution in [2.24, 2.45) is 0 Å². The Morgan fingerprint density at radius 1 is 0.867 bits per heavy atom. The minimum Gasteiger partial charge on any atom is -0.348 e. The summed E-state index contributed by atoms with van der Waals surface area (Å²) in [5, 5.41) is 2.98. The van der Waals surface area contributed by atoms with E-state index >= 15 is 0 Å². The molecule has 0 unspecified atom stereocenters. The molecule has 226 valence electrons. The van der Waals surface area contributed by atoms with E-state index in [4.69, 9.17) is 0 Å². The number of carbonyl (C=O) groups is 1. The second-order valence-corrected chi connectivity index (χ2v) is 12.1. The molecular weight excluding hydrogens is 598 g/mol. The lowest BCUT2D eigenvalue weighted by molar-refractivity contribution is 0.0917. The highest BCUT2D eigenvalue weighted by Gasteiger charge is 2.28. The van der Waals surface area contributed by atoms with Gasteiger partial charge in [-0.1, -0.05) is 36.0 Å². The zero-order chi connectivity index (χ0) is 31.1. The van der Waals surface area contributed by atoms with Gasteiger partial charge >= 0.3 is 5.69 Å². The molecular formula is C33H26F2N6O3S. The van der Waals surface area contributed by atoms with Crippen molar-refractivity contribution in [1.82, 2.24) is 28.8 Å². The van der Waals surface area contributed by atoms with Crippen LogP contribution in [0.2, 0.25) is 0 Å². The van der Waals surface area contributed by atoms with Gasteiger partial charge in [0, 0.05) is 34.3 Å². The third kappa shape index (κ3) is 5.64. The Morgan fingerprint density at radius 2 is 1.64 bits per heavy atom. The summed E-state index contributed by atoms with van der Waals surface area (Å²) in [5.41, 5.74) is 0.0473. The summed E-state index contributed by atoms with van der Waals surface area (Å²) in [6, 6.07) is 20.4. The van der Waals surface area contributed by atoms with Crippen LogP contribution in [0.1, 0.15) is 42.2 Å². The Labute approximate surface area is 259 Å². The monoisotopic (exact) mass is 624 g/mol. The number of imidazole rings is 1. The molecule has 45 heavy (non-hydrogen) atoms. The van der Waals surface area contributed by atoms with Crippen LogP contribution in [0.5, 0.6) is 0 Å². The van der Waals surface area contributed by atoms with E-state index in [1.165, 1.54) is 49.8 Å². The third-order valence-corrected chi connectivity index (χ3v) is 8.99. The Hall–Kier alpha value is -5.10. The molecule has 1 amide bonds. The minimum atomic E-state index is -0.675. The van der Waals surface area contributed by atoms with Crippen LogP contribution in [-0.2, 0) is 0 Å². The number of amides is 1. The van der Waals surface area contributed by atoms with E-state index in [1.54, 1.807) is 6.07 Å². The molecule has 1 fully saturated rings. The van der Waals surface area contributed by atoms with E-state index in [0.717, 1.165) is 22.1 Å². The number of halogens is 2. The quantitative estimate of drug-likeness (QED) is 0.261. The summed E-state index contributed by atoms with van der Waals surface area (Å²) in [6.07, 6.45) is 5.61. The summed E-state index contributed by atoms with van der Waals surface area (Å²) in [4.78, 5) is 51.0. The maximum atomic E-state index is 14.4. The number of benzene rings is 2. The van der Waals surface area contributed by atoms with Gasteiger partial charge in [-0.15, -0.1) is 0 Å². The average Bonchev–Trinajstić information content (AvgIpc) is 3.47. The molecule has 9 nitrogen and oxygen atoms in total. The largest absolute Gasteiger partial charge is 0.348 e. The molecule has 0 bridgehead atoms. The highest BCUT2D eigenvalue weighted by Crippen LogP contribution is 2.30. The van der Waals surface area contributed by atoms with Crippen LogP contribution in [-0.4, -0.2) is 35.5 Å². The smallest absolute Gasteiger partial charge is 0.337 e. The van der Waals surface area contributed by atoms with Crippen molar-refractivity contribution >= 4 is 34.3 Å². The van der Waals surface area contributed by atoms with Crippen molar-refractivity contribution in [3.8, 4) is 5.69 Å². The van der Waals surface area contributed by atoms with Gasteiger partial charge in [0.25, 0.3) is 11.5 Å². The summed E-state index contributed by atoms with van der Waals surface area (Å²) < 4.78 is 31.9. The number of fused-ring (bicyclic) bond motifs is 2. The van der Waals surface area contributed by atoms with Gasteiger partial charge in [0.05, 0.1) is 17.3 Å². The van der Waals surface area contributed by atoms with Gasteiger partial charge in [-0.3, -0.25) is 14.2 Å². The fourth-order valence-electron chi connectivity index (χ4n) is 5.86. The normalized spacial score (nSPS) is 16.7. The van der Waals surface area contributed by atoms with Gasteiger partial charge in [-0.25, -0.2) is 28.1 Å². The summed E-state index contributed by atoms with van der Waals surface area (Å²) in [5.74, 6) is -1.50. The van der Waals surface area contributed by atoms with E-state index < -0.39 is 28.9 Å². The Kier molecular flexibility index (Phi) is 7.50. The lowest BCUT2D eigenvalue weighted by Crippen LogP contribution is -2.45. The topological polar surface area (TPSA) is 103 Å². The van der Waals surface area contributed by atoms with Crippen molar-refractivity contribution in [3.05, 3.63) is 130 Å². The first kappa shape index (κ1) is 28.7. The van der Waals surface area contributed by atoms with Crippen molar-refractivity contribution in [2.75, 3.05) is 0 Å². The van der Waals surface area contributed by atoms with Gasteiger partial charge in [0.1, 0.15) is 23.0 Å². The fraction of sp³-hybridized carbons (Fsp3) is 0.182. The van der Waals surface area contributed by atoms with E-state index in [9.17, 15) is 23.2 Å². The van der Waals surface area contributed by atoms with Crippen molar-refractivity contribution < 1.29 is 13.6 Å². The Morgan fingerprint density at radius 3 is 2.44 bits per heavy atom. The van der Waals surface area contributed by atoms with Crippen LogP contribution in [0.15, 0.2) is 111 Å². The molecule has 12 heteroatoms. The van der Waals surface area contributed by atoms with Gasteiger partial charge in [0.2, 0.25) is 0 Å². The summed E-state index contributed by atoms with van der Waals surface area (Å²) in [7, 11) is 0. The molecule has 1 aliphatic rings. The molecule has 1 aliphatic carbocycles. The van der Waals surface area contributed by atoms with Gasteiger partial charge in [-0.05, 0) is 74.2 Å².